The molecule has 1 aliphatic heterocycles. The van der Waals surface area contributed by atoms with Crippen LogP contribution < -0.4 is 5.32 Å². The first-order valence-electron chi connectivity index (χ1n) is 6.74. The number of fused-ring (bicyclic) bond motifs is 1. The molecule has 5 nitrogen and oxygen atoms in total. The Morgan fingerprint density at radius 3 is 3.05 bits per heavy atom. The third-order valence-corrected chi connectivity index (χ3v) is 3.81. The van der Waals surface area contributed by atoms with Crippen molar-refractivity contribution in [2.45, 2.75) is 12.0 Å². The normalized spacial score (nSPS) is 22.3. The first-order chi connectivity index (χ1) is 9.59. The molecule has 0 bridgehead atoms. The number of hydrogen-bond acceptors (Lipinski definition) is 4. The summed E-state index contributed by atoms with van der Waals surface area (Å²) in [6.45, 7) is 1.63. The second-order valence-electron chi connectivity index (χ2n) is 5.46. The van der Waals surface area contributed by atoms with E-state index in [9.17, 15) is 9.90 Å². The Kier molecular flexibility index (Phi) is 3.23. The molecule has 3 rings (SSSR count). The summed E-state index contributed by atoms with van der Waals surface area (Å²) >= 11 is 0. The molecule has 2 heterocycles. The molecule has 1 aromatic carbocycles. The van der Waals surface area contributed by atoms with Crippen LogP contribution in [0.5, 0.6) is 0 Å². The number of nitrogens with zero attached hydrogens (tertiary/aromatic N) is 1. The van der Waals surface area contributed by atoms with E-state index in [1.165, 1.54) is 6.26 Å². The molecular formula is C15H18N2O3. The fraction of sp³-hybridized carbons (Fsp3) is 0.400. The Morgan fingerprint density at radius 2 is 2.30 bits per heavy atom. The topological polar surface area (TPSA) is 65.7 Å². The lowest BCUT2D eigenvalue weighted by Crippen LogP contribution is -2.45. The number of β-amino-alcohol motifs (C(OH)–C–C–N with tert-alkyl or cyclic N) is 1. The number of para-hydroxylation sites is 1. The molecule has 1 aliphatic rings. The summed E-state index contributed by atoms with van der Waals surface area (Å²) in [6.07, 6.45) is 2.15. The molecule has 0 saturated carbocycles. The second-order valence-corrected chi connectivity index (χ2v) is 5.46. The van der Waals surface area contributed by atoms with Crippen LogP contribution in [0, 0.1) is 0 Å². The third kappa shape index (κ3) is 2.30. The van der Waals surface area contributed by atoms with E-state index in [0.29, 0.717) is 30.7 Å². The van der Waals surface area contributed by atoms with Gasteiger partial charge in [-0.05, 0) is 19.0 Å². The molecule has 0 spiro atoms. The van der Waals surface area contributed by atoms with Crippen molar-refractivity contribution in [3.05, 3.63) is 36.1 Å². The van der Waals surface area contributed by atoms with Gasteiger partial charge in [0.2, 0.25) is 0 Å². The summed E-state index contributed by atoms with van der Waals surface area (Å²) in [4.78, 5) is 14.0. The summed E-state index contributed by atoms with van der Waals surface area (Å²) in [5.41, 5.74) is 0.410. The SMILES string of the molecule is CN(CC1(O)CCNC1)C(=O)c1coc2ccccc12. The van der Waals surface area contributed by atoms with Crippen LogP contribution in [0.1, 0.15) is 16.8 Å². The van der Waals surface area contributed by atoms with Gasteiger partial charge < -0.3 is 19.7 Å². The molecule has 106 valence electrons. The fourth-order valence-corrected chi connectivity index (χ4v) is 2.73. The molecular weight excluding hydrogens is 256 g/mol. The van der Waals surface area contributed by atoms with Gasteiger partial charge in [0.15, 0.2) is 0 Å². The van der Waals surface area contributed by atoms with Crippen LogP contribution >= 0.6 is 0 Å². The van der Waals surface area contributed by atoms with Crippen molar-refractivity contribution in [1.29, 1.82) is 0 Å². The van der Waals surface area contributed by atoms with Gasteiger partial charge in [-0.2, -0.15) is 0 Å². The summed E-state index contributed by atoms with van der Waals surface area (Å²) < 4.78 is 5.39. The Labute approximate surface area is 117 Å². The van der Waals surface area contributed by atoms with Crippen molar-refractivity contribution >= 4 is 16.9 Å². The van der Waals surface area contributed by atoms with E-state index < -0.39 is 5.60 Å². The van der Waals surface area contributed by atoms with Crippen LogP contribution in [0.3, 0.4) is 0 Å². The highest BCUT2D eigenvalue weighted by Crippen LogP contribution is 2.23. The summed E-state index contributed by atoms with van der Waals surface area (Å²) in [5, 5.41) is 14.3. The Morgan fingerprint density at radius 1 is 1.50 bits per heavy atom. The number of furan rings is 1. The van der Waals surface area contributed by atoms with Gasteiger partial charge in [0.1, 0.15) is 11.8 Å². The standard InChI is InChI=1S/C15H18N2O3/c1-17(10-15(19)6-7-16-9-15)14(18)12-8-20-13-5-3-2-4-11(12)13/h2-5,8,16,19H,6-7,9-10H2,1H3. The summed E-state index contributed by atoms with van der Waals surface area (Å²) in [7, 11) is 1.71. The second kappa shape index (κ2) is 4.92. The van der Waals surface area contributed by atoms with Crippen LogP contribution in [-0.2, 0) is 0 Å². The van der Waals surface area contributed by atoms with Crippen molar-refractivity contribution in [2.75, 3.05) is 26.7 Å². The number of carbonyl (C=O) groups excluding carboxylic acids is 1. The van der Waals surface area contributed by atoms with Crippen LogP contribution in [0.25, 0.3) is 11.0 Å². The van der Waals surface area contributed by atoms with E-state index in [2.05, 4.69) is 5.32 Å². The number of likely N-dealkylation sites (N-methyl/N-ethyl adjacent to an activating group) is 1. The van der Waals surface area contributed by atoms with E-state index >= 15 is 0 Å². The van der Waals surface area contributed by atoms with Gasteiger partial charge in [-0.1, -0.05) is 18.2 Å². The number of aliphatic hydroxyl groups is 1. The molecule has 1 atom stereocenters. The van der Waals surface area contributed by atoms with Crippen LogP contribution in [0.4, 0.5) is 0 Å². The largest absolute Gasteiger partial charge is 0.463 e. The highest BCUT2D eigenvalue weighted by atomic mass is 16.3. The predicted octanol–water partition coefficient (Wildman–Crippen LogP) is 1.23. The van der Waals surface area contributed by atoms with Crippen molar-refractivity contribution in [3.8, 4) is 0 Å². The highest BCUT2D eigenvalue weighted by molar-refractivity contribution is 6.05. The van der Waals surface area contributed by atoms with E-state index in [1.807, 2.05) is 24.3 Å². The van der Waals surface area contributed by atoms with Gasteiger partial charge in [-0.25, -0.2) is 0 Å². The van der Waals surface area contributed by atoms with Gasteiger partial charge >= 0.3 is 0 Å². The van der Waals surface area contributed by atoms with Crippen molar-refractivity contribution in [3.63, 3.8) is 0 Å². The average molecular weight is 274 g/mol. The minimum Gasteiger partial charge on any atom is -0.463 e. The molecule has 2 N–H and O–H groups in total. The highest BCUT2D eigenvalue weighted by Gasteiger charge is 2.34. The third-order valence-electron chi connectivity index (χ3n) is 3.81. The van der Waals surface area contributed by atoms with Gasteiger partial charge in [0, 0.05) is 19.0 Å². The molecule has 20 heavy (non-hydrogen) atoms. The maximum absolute atomic E-state index is 12.5. The molecule has 5 heteroatoms. The molecule has 1 unspecified atom stereocenters. The Hall–Kier alpha value is -1.85. The van der Waals surface area contributed by atoms with Crippen molar-refractivity contribution in [2.24, 2.45) is 0 Å². The van der Waals surface area contributed by atoms with Crippen LogP contribution in [0.2, 0.25) is 0 Å². The van der Waals surface area contributed by atoms with Gasteiger partial charge in [0.25, 0.3) is 5.91 Å². The number of benzene rings is 1. The molecule has 0 radical (unpaired) electrons. The molecule has 2 aromatic rings. The lowest BCUT2D eigenvalue weighted by molar-refractivity contribution is 0.0253. The maximum atomic E-state index is 12.5. The van der Waals surface area contributed by atoms with E-state index in [1.54, 1.807) is 11.9 Å². The number of hydrogen-bond donors (Lipinski definition) is 2. The molecule has 1 aromatic heterocycles. The molecule has 1 amide bonds. The minimum absolute atomic E-state index is 0.129. The zero-order valence-corrected chi connectivity index (χ0v) is 11.4. The number of carbonyl (C=O) groups is 1. The Bertz CT molecular complexity index is 629. The van der Waals surface area contributed by atoms with Crippen LogP contribution in [-0.4, -0.2) is 48.2 Å². The first-order valence-corrected chi connectivity index (χ1v) is 6.74. The van der Waals surface area contributed by atoms with E-state index in [-0.39, 0.29) is 5.91 Å². The Balaban J connectivity index is 1.81. The number of nitrogens with one attached hydrogen (secondary N) is 1. The van der Waals surface area contributed by atoms with E-state index in [4.69, 9.17) is 4.42 Å². The minimum atomic E-state index is -0.829. The summed E-state index contributed by atoms with van der Waals surface area (Å²) in [5.74, 6) is -0.129. The lowest BCUT2D eigenvalue weighted by Gasteiger charge is -2.27. The quantitative estimate of drug-likeness (QED) is 0.883. The smallest absolute Gasteiger partial charge is 0.257 e. The predicted molar refractivity (Wildman–Crippen MR) is 75.6 cm³/mol. The zero-order chi connectivity index (χ0) is 14.2. The average Bonchev–Trinajstić information content (AvgIpc) is 3.04. The van der Waals surface area contributed by atoms with Gasteiger partial charge in [0.05, 0.1) is 17.7 Å². The van der Waals surface area contributed by atoms with Crippen molar-refractivity contribution < 1.29 is 14.3 Å². The van der Waals surface area contributed by atoms with Crippen LogP contribution in [0.15, 0.2) is 34.9 Å². The maximum Gasteiger partial charge on any atom is 0.257 e. The van der Waals surface area contributed by atoms with Gasteiger partial charge in [-0.3, -0.25) is 4.79 Å². The van der Waals surface area contributed by atoms with Crippen molar-refractivity contribution in [1.82, 2.24) is 10.2 Å². The lowest BCUT2D eigenvalue weighted by atomic mass is 10.0. The number of rotatable bonds is 3. The number of amides is 1. The molecule has 0 aliphatic carbocycles. The monoisotopic (exact) mass is 274 g/mol. The van der Waals surface area contributed by atoms with E-state index in [0.717, 1.165) is 11.9 Å². The zero-order valence-electron chi connectivity index (χ0n) is 11.4. The first kappa shape index (κ1) is 13.1. The molecule has 1 saturated heterocycles. The molecule has 1 fully saturated rings. The summed E-state index contributed by atoms with van der Waals surface area (Å²) in [6, 6.07) is 7.45. The van der Waals surface area contributed by atoms with Gasteiger partial charge in [-0.15, -0.1) is 0 Å². The fourth-order valence-electron chi connectivity index (χ4n) is 2.73.